The van der Waals surface area contributed by atoms with Gasteiger partial charge in [-0.3, -0.25) is 14.8 Å². The van der Waals surface area contributed by atoms with E-state index in [1.807, 2.05) is 38.4 Å². The summed E-state index contributed by atoms with van der Waals surface area (Å²) in [6.45, 7) is 8.33. The molecular formula is C16H18N4O2S. The van der Waals surface area contributed by atoms with Crippen LogP contribution in [0.5, 0.6) is 0 Å². The first-order valence-corrected chi connectivity index (χ1v) is 8.09. The van der Waals surface area contributed by atoms with Crippen molar-refractivity contribution in [1.82, 2.24) is 14.8 Å². The van der Waals surface area contributed by atoms with E-state index in [1.54, 1.807) is 12.1 Å². The predicted octanol–water partition coefficient (Wildman–Crippen LogP) is 3.47. The average Bonchev–Trinajstić information content (AvgIpc) is 3.13. The molecule has 7 heteroatoms. The second-order valence-corrected chi connectivity index (χ2v) is 6.67. The van der Waals surface area contributed by atoms with Gasteiger partial charge in [0.1, 0.15) is 5.76 Å². The van der Waals surface area contributed by atoms with Crippen LogP contribution in [-0.4, -0.2) is 20.7 Å². The average molecular weight is 330 g/mol. The van der Waals surface area contributed by atoms with E-state index >= 15 is 0 Å². The number of aryl methyl sites for hydroxylation is 4. The molecule has 0 saturated carbocycles. The summed E-state index contributed by atoms with van der Waals surface area (Å²) in [5.74, 6) is 0.665. The molecule has 0 bridgehead atoms. The minimum absolute atomic E-state index is 0.270. The van der Waals surface area contributed by atoms with E-state index < -0.39 is 0 Å². The summed E-state index contributed by atoms with van der Waals surface area (Å²) in [7, 11) is 0. The Morgan fingerprint density at radius 3 is 2.70 bits per heavy atom. The van der Waals surface area contributed by atoms with E-state index in [1.165, 1.54) is 11.3 Å². The number of hydrogen-bond acceptors (Lipinski definition) is 5. The van der Waals surface area contributed by atoms with Crippen LogP contribution in [0.2, 0.25) is 0 Å². The number of amides is 1. The molecule has 23 heavy (non-hydrogen) atoms. The van der Waals surface area contributed by atoms with Crippen LogP contribution in [-0.2, 0) is 6.54 Å². The van der Waals surface area contributed by atoms with E-state index in [4.69, 9.17) is 4.42 Å². The van der Waals surface area contributed by atoms with Crippen LogP contribution in [0.3, 0.4) is 0 Å². The van der Waals surface area contributed by atoms with Crippen molar-refractivity contribution in [3.05, 3.63) is 51.7 Å². The Hall–Kier alpha value is -2.41. The third kappa shape index (κ3) is 3.34. The quantitative estimate of drug-likeness (QED) is 0.795. The molecule has 0 atom stereocenters. The molecule has 0 radical (unpaired) electrons. The van der Waals surface area contributed by atoms with Crippen molar-refractivity contribution >= 4 is 22.4 Å². The Labute approximate surface area is 138 Å². The van der Waals surface area contributed by atoms with E-state index in [9.17, 15) is 4.79 Å². The topological polar surface area (TPSA) is 73.0 Å². The van der Waals surface area contributed by atoms with E-state index in [0.717, 1.165) is 22.0 Å². The van der Waals surface area contributed by atoms with Gasteiger partial charge in [-0.05, 0) is 45.9 Å². The summed E-state index contributed by atoms with van der Waals surface area (Å²) in [4.78, 5) is 17.6. The largest absolute Gasteiger partial charge is 0.454 e. The Morgan fingerprint density at radius 2 is 2.09 bits per heavy atom. The number of furan rings is 1. The number of rotatable bonds is 4. The number of anilines is 1. The molecule has 0 aliphatic carbocycles. The SMILES string of the molecule is Cc1cc(C)n(Cc2ccc(C(=O)Nc3nc(C)c(C)s3)o2)n1. The maximum Gasteiger partial charge on any atom is 0.293 e. The highest BCUT2D eigenvalue weighted by Gasteiger charge is 2.14. The smallest absolute Gasteiger partial charge is 0.293 e. The number of thiazole rings is 1. The molecule has 0 unspecified atom stereocenters. The molecule has 0 spiro atoms. The molecule has 3 aromatic heterocycles. The van der Waals surface area contributed by atoms with Gasteiger partial charge in [0.05, 0.1) is 17.9 Å². The zero-order chi connectivity index (χ0) is 16.6. The number of carbonyl (C=O) groups excluding carboxylic acids is 1. The minimum Gasteiger partial charge on any atom is -0.454 e. The number of nitrogens with zero attached hydrogens (tertiary/aromatic N) is 3. The fourth-order valence-corrected chi connectivity index (χ4v) is 3.06. The summed E-state index contributed by atoms with van der Waals surface area (Å²) in [6.07, 6.45) is 0. The number of nitrogens with one attached hydrogen (secondary N) is 1. The Kier molecular flexibility index (Phi) is 4.04. The lowest BCUT2D eigenvalue weighted by molar-refractivity contribution is 0.0994. The van der Waals surface area contributed by atoms with Gasteiger partial charge in [-0.2, -0.15) is 5.10 Å². The summed E-state index contributed by atoms with van der Waals surface area (Å²) in [5.41, 5.74) is 2.94. The molecule has 1 amide bonds. The molecule has 0 saturated heterocycles. The van der Waals surface area contributed by atoms with Crippen LogP contribution in [0.1, 0.15) is 38.3 Å². The van der Waals surface area contributed by atoms with Crippen LogP contribution in [0.25, 0.3) is 0 Å². The molecule has 0 aliphatic heterocycles. The fourth-order valence-electron chi connectivity index (χ4n) is 2.25. The van der Waals surface area contributed by atoms with Gasteiger partial charge in [0.25, 0.3) is 5.91 Å². The molecule has 6 nitrogen and oxygen atoms in total. The van der Waals surface area contributed by atoms with Gasteiger partial charge in [0.2, 0.25) is 0 Å². The minimum atomic E-state index is -0.293. The summed E-state index contributed by atoms with van der Waals surface area (Å²) >= 11 is 1.45. The lowest BCUT2D eigenvalue weighted by atomic mass is 10.4. The number of aromatic nitrogens is 3. The first-order valence-electron chi connectivity index (χ1n) is 7.27. The van der Waals surface area contributed by atoms with E-state index in [0.29, 0.717) is 17.4 Å². The summed E-state index contributed by atoms with van der Waals surface area (Å²) in [5, 5.41) is 7.74. The third-order valence-electron chi connectivity index (χ3n) is 3.54. The molecule has 3 rings (SSSR count). The predicted molar refractivity (Wildman–Crippen MR) is 89.1 cm³/mol. The summed E-state index contributed by atoms with van der Waals surface area (Å²) in [6, 6.07) is 5.47. The van der Waals surface area contributed by atoms with Crippen LogP contribution in [0, 0.1) is 27.7 Å². The maximum absolute atomic E-state index is 12.2. The highest BCUT2D eigenvalue weighted by molar-refractivity contribution is 7.15. The van der Waals surface area contributed by atoms with Gasteiger partial charge < -0.3 is 4.42 Å². The Morgan fingerprint density at radius 1 is 1.30 bits per heavy atom. The van der Waals surface area contributed by atoms with Crippen molar-refractivity contribution < 1.29 is 9.21 Å². The molecule has 3 aromatic rings. The third-order valence-corrected chi connectivity index (χ3v) is 4.53. The standard InChI is InChI=1S/C16H18N4O2S/c1-9-7-10(2)20(19-9)8-13-5-6-14(22-13)15(21)18-16-17-11(3)12(4)23-16/h5-7H,8H2,1-4H3,(H,17,18,21). The van der Waals surface area contributed by atoms with Crippen molar-refractivity contribution in [3.8, 4) is 0 Å². The summed E-state index contributed by atoms with van der Waals surface area (Å²) < 4.78 is 7.48. The fraction of sp³-hybridized carbons (Fsp3) is 0.312. The van der Waals surface area contributed by atoms with E-state index in [2.05, 4.69) is 15.4 Å². The molecule has 0 fully saturated rings. The van der Waals surface area contributed by atoms with Crippen molar-refractivity contribution in [1.29, 1.82) is 0 Å². The normalized spacial score (nSPS) is 11.0. The number of carbonyl (C=O) groups is 1. The van der Waals surface area contributed by atoms with E-state index in [-0.39, 0.29) is 11.7 Å². The second kappa shape index (κ2) is 6.00. The van der Waals surface area contributed by atoms with Gasteiger partial charge >= 0.3 is 0 Å². The molecule has 120 valence electrons. The van der Waals surface area contributed by atoms with Gasteiger partial charge in [-0.1, -0.05) is 0 Å². The van der Waals surface area contributed by atoms with Crippen molar-refractivity contribution in [2.75, 3.05) is 5.32 Å². The highest BCUT2D eigenvalue weighted by atomic mass is 32.1. The Bertz CT molecular complexity index is 840. The zero-order valence-corrected chi connectivity index (χ0v) is 14.3. The van der Waals surface area contributed by atoms with Crippen molar-refractivity contribution in [2.45, 2.75) is 34.2 Å². The maximum atomic E-state index is 12.2. The monoisotopic (exact) mass is 330 g/mol. The molecule has 3 heterocycles. The lowest BCUT2D eigenvalue weighted by Gasteiger charge is -2.01. The van der Waals surface area contributed by atoms with Gasteiger partial charge in [0.15, 0.2) is 10.9 Å². The molecule has 0 aromatic carbocycles. The molecule has 0 aliphatic rings. The molecular weight excluding hydrogens is 312 g/mol. The first kappa shape index (κ1) is 15.5. The highest BCUT2D eigenvalue weighted by Crippen LogP contribution is 2.22. The zero-order valence-electron chi connectivity index (χ0n) is 13.5. The van der Waals surface area contributed by atoms with Crippen LogP contribution < -0.4 is 5.32 Å². The van der Waals surface area contributed by atoms with Gasteiger partial charge in [-0.15, -0.1) is 11.3 Å². The number of hydrogen-bond donors (Lipinski definition) is 1. The van der Waals surface area contributed by atoms with Gasteiger partial charge in [0, 0.05) is 10.6 Å². The van der Waals surface area contributed by atoms with Crippen molar-refractivity contribution in [2.24, 2.45) is 0 Å². The lowest BCUT2D eigenvalue weighted by Crippen LogP contribution is -2.10. The van der Waals surface area contributed by atoms with Gasteiger partial charge in [-0.25, -0.2) is 4.98 Å². The van der Waals surface area contributed by atoms with Crippen LogP contribution >= 0.6 is 11.3 Å². The van der Waals surface area contributed by atoms with Crippen LogP contribution in [0.4, 0.5) is 5.13 Å². The van der Waals surface area contributed by atoms with Crippen LogP contribution in [0.15, 0.2) is 22.6 Å². The van der Waals surface area contributed by atoms with Crippen molar-refractivity contribution in [3.63, 3.8) is 0 Å². The second-order valence-electron chi connectivity index (χ2n) is 5.47. The molecule has 1 N–H and O–H groups in total. The Balaban J connectivity index is 1.71. The first-order chi connectivity index (χ1) is 10.9.